The average Bonchev–Trinajstić information content (AvgIpc) is 3.06. The van der Waals surface area contributed by atoms with Gasteiger partial charge in [-0.15, -0.1) is 0 Å². The molecular weight excluding hydrogens is 614 g/mol. The maximum absolute atomic E-state index is 13.6. The van der Waals surface area contributed by atoms with Crippen LogP contribution in [-0.2, 0) is 19.1 Å². The van der Waals surface area contributed by atoms with E-state index in [1.807, 2.05) is 25.2 Å². The standard InChI is InChI=1S/C37H60ClN5O4/c1-7-8-12-32(38)18-17-31-11-9-10-13-33(31)41-37(46)34(19-14-27(2)3)42-36(45)30(6)40-35(44)29(5)16-15-28(4)26-39-20-21-43-22-24-47-25-23-43/h7-8,12,15-16,18,27,30-31,33-34,39H,1,9-11,13-14,17,19-26H2,2-6H3,(H,40,44)(H,41,46)(H,42,45)/b12-8-,28-15+,29-16+,32-18+/t30?,31?,33-,34+/m1/s1. The third-order valence-electron chi connectivity index (χ3n) is 8.74. The molecule has 264 valence electrons. The Kier molecular flexibility index (Phi) is 19.6. The van der Waals surface area contributed by atoms with Crippen LogP contribution < -0.4 is 21.3 Å². The highest BCUT2D eigenvalue weighted by Gasteiger charge is 2.30. The van der Waals surface area contributed by atoms with E-state index in [-0.39, 0.29) is 29.7 Å². The third-order valence-corrected chi connectivity index (χ3v) is 9.02. The van der Waals surface area contributed by atoms with Gasteiger partial charge in [-0.2, -0.15) is 0 Å². The third kappa shape index (κ3) is 16.8. The predicted molar refractivity (Wildman–Crippen MR) is 193 cm³/mol. The molecule has 3 amide bonds. The second kappa shape index (κ2) is 22.8. The number of hydrogen-bond acceptors (Lipinski definition) is 6. The van der Waals surface area contributed by atoms with Gasteiger partial charge in [0, 0.05) is 49.4 Å². The van der Waals surface area contributed by atoms with Crippen LogP contribution in [0.3, 0.4) is 0 Å². The number of nitrogens with one attached hydrogen (secondary N) is 4. The molecule has 1 saturated carbocycles. The van der Waals surface area contributed by atoms with Gasteiger partial charge in [0.05, 0.1) is 13.2 Å². The molecule has 0 aromatic heterocycles. The summed E-state index contributed by atoms with van der Waals surface area (Å²) in [5.41, 5.74) is 1.61. The Labute approximate surface area is 288 Å². The Morgan fingerprint density at radius 1 is 1.00 bits per heavy atom. The molecule has 1 heterocycles. The number of halogens is 1. The van der Waals surface area contributed by atoms with E-state index in [0.717, 1.165) is 90.0 Å². The summed E-state index contributed by atoms with van der Waals surface area (Å²) in [4.78, 5) is 42.0. The number of rotatable bonds is 19. The average molecular weight is 674 g/mol. The molecule has 2 rings (SSSR count). The Hall–Kier alpha value is -2.72. The van der Waals surface area contributed by atoms with Crippen molar-refractivity contribution in [1.82, 2.24) is 26.2 Å². The highest BCUT2D eigenvalue weighted by molar-refractivity contribution is 6.31. The molecule has 9 nitrogen and oxygen atoms in total. The second-order valence-corrected chi connectivity index (χ2v) is 13.7. The summed E-state index contributed by atoms with van der Waals surface area (Å²) in [5, 5.41) is 13.1. The zero-order valence-electron chi connectivity index (χ0n) is 29.4. The predicted octanol–water partition coefficient (Wildman–Crippen LogP) is 5.16. The molecular formula is C37H60ClN5O4. The van der Waals surface area contributed by atoms with E-state index in [2.05, 4.69) is 46.6 Å². The molecule has 10 heteroatoms. The molecule has 1 aliphatic carbocycles. The lowest BCUT2D eigenvalue weighted by Gasteiger charge is -2.33. The van der Waals surface area contributed by atoms with Crippen molar-refractivity contribution in [3.63, 3.8) is 0 Å². The van der Waals surface area contributed by atoms with Crippen LogP contribution in [0.1, 0.15) is 79.6 Å². The van der Waals surface area contributed by atoms with Crippen molar-refractivity contribution in [2.75, 3.05) is 45.9 Å². The Morgan fingerprint density at radius 2 is 1.72 bits per heavy atom. The Morgan fingerprint density at radius 3 is 2.43 bits per heavy atom. The quantitative estimate of drug-likeness (QED) is 0.0857. The molecule has 1 aliphatic heterocycles. The van der Waals surface area contributed by atoms with Gasteiger partial charge in [-0.3, -0.25) is 19.3 Å². The molecule has 47 heavy (non-hydrogen) atoms. The van der Waals surface area contributed by atoms with E-state index in [0.29, 0.717) is 22.9 Å². The van der Waals surface area contributed by atoms with Crippen LogP contribution in [0.15, 0.2) is 59.2 Å². The highest BCUT2D eigenvalue weighted by atomic mass is 35.5. The van der Waals surface area contributed by atoms with Gasteiger partial charge in [0.15, 0.2) is 0 Å². The number of nitrogens with zero attached hydrogens (tertiary/aromatic N) is 1. The number of carbonyl (C=O) groups is 3. The van der Waals surface area contributed by atoms with Crippen LogP contribution in [0.25, 0.3) is 0 Å². The zero-order chi connectivity index (χ0) is 34.6. The van der Waals surface area contributed by atoms with Gasteiger partial charge >= 0.3 is 0 Å². The number of carbonyl (C=O) groups excluding carboxylic acids is 3. The molecule has 2 aliphatic rings. The number of amides is 3. The summed E-state index contributed by atoms with van der Waals surface area (Å²) in [6, 6.07) is -1.47. The number of morpholine rings is 1. The van der Waals surface area contributed by atoms with Crippen molar-refractivity contribution in [3.05, 3.63) is 59.2 Å². The first-order valence-corrected chi connectivity index (χ1v) is 17.8. The van der Waals surface area contributed by atoms with Crippen LogP contribution in [0, 0.1) is 11.8 Å². The monoisotopic (exact) mass is 673 g/mol. The molecule has 0 aromatic rings. The Balaban J connectivity index is 1.91. The lowest BCUT2D eigenvalue weighted by atomic mass is 9.82. The van der Waals surface area contributed by atoms with Gasteiger partial charge in [-0.25, -0.2) is 0 Å². The molecule has 1 saturated heterocycles. The minimum Gasteiger partial charge on any atom is -0.379 e. The minimum atomic E-state index is -0.801. The molecule has 4 N–H and O–H groups in total. The smallest absolute Gasteiger partial charge is 0.247 e. The summed E-state index contributed by atoms with van der Waals surface area (Å²) >= 11 is 6.32. The largest absolute Gasteiger partial charge is 0.379 e. The van der Waals surface area contributed by atoms with Gasteiger partial charge in [0.2, 0.25) is 17.7 Å². The topological polar surface area (TPSA) is 112 Å². The van der Waals surface area contributed by atoms with Gasteiger partial charge in [0.1, 0.15) is 12.1 Å². The maximum atomic E-state index is 13.6. The van der Waals surface area contributed by atoms with Crippen molar-refractivity contribution >= 4 is 29.3 Å². The Bertz CT molecular complexity index is 1130. The minimum absolute atomic E-state index is 0.0141. The van der Waals surface area contributed by atoms with Crippen molar-refractivity contribution in [2.45, 2.75) is 97.7 Å². The summed E-state index contributed by atoms with van der Waals surface area (Å²) in [7, 11) is 0. The van der Waals surface area contributed by atoms with Crippen molar-refractivity contribution in [1.29, 1.82) is 0 Å². The second-order valence-electron chi connectivity index (χ2n) is 13.3. The first-order valence-electron chi connectivity index (χ1n) is 17.4. The summed E-state index contributed by atoms with van der Waals surface area (Å²) < 4.78 is 5.39. The van der Waals surface area contributed by atoms with Crippen LogP contribution in [0.2, 0.25) is 0 Å². The van der Waals surface area contributed by atoms with Gasteiger partial charge in [-0.1, -0.05) is 80.8 Å². The first-order chi connectivity index (χ1) is 22.5. The number of allylic oxidation sites excluding steroid dienone is 7. The van der Waals surface area contributed by atoms with Crippen LogP contribution in [-0.4, -0.2) is 86.7 Å². The van der Waals surface area contributed by atoms with Crippen LogP contribution in [0.5, 0.6) is 0 Å². The first kappa shape index (κ1) is 40.5. The van der Waals surface area contributed by atoms with Crippen LogP contribution >= 0.6 is 11.6 Å². The molecule has 2 unspecified atom stereocenters. The van der Waals surface area contributed by atoms with E-state index in [1.165, 1.54) is 0 Å². The zero-order valence-corrected chi connectivity index (χ0v) is 30.2. The van der Waals surface area contributed by atoms with Gasteiger partial charge in [-0.05, 0) is 70.8 Å². The lowest BCUT2D eigenvalue weighted by Crippen LogP contribution is -2.55. The van der Waals surface area contributed by atoms with E-state index < -0.39 is 12.1 Å². The molecule has 0 radical (unpaired) electrons. The van der Waals surface area contributed by atoms with Gasteiger partial charge in [0.25, 0.3) is 0 Å². The summed E-state index contributed by atoms with van der Waals surface area (Å²) in [5.74, 6) is -0.222. The fourth-order valence-corrected chi connectivity index (χ4v) is 5.81. The van der Waals surface area contributed by atoms with E-state index >= 15 is 0 Å². The van der Waals surface area contributed by atoms with Crippen molar-refractivity contribution in [2.24, 2.45) is 11.8 Å². The molecule has 0 aromatic carbocycles. The molecule has 0 bridgehead atoms. The van der Waals surface area contributed by atoms with Gasteiger partial charge < -0.3 is 26.0 Å². The maximum Gasteiger partial charge on any atom is 0.247 e. The van der Waals surface area contributed by atoms with E-state index in [9.17, 15) is 14.4 Å². The van der Waals surface area contributed by atoms with Crippen molar-refractivity contribution < 1.29 is 19.1 Å². The summed E-state index contributed by atoms with van der Waals surface area (Å²) in [6.45, 7) is 19.4. The van der Waals surface area contributed by atoms with Crippen LogP contribution in [0.4, 0.5) is 0 Å². The normalized spacial score (nSPS) is 21.4. The fraction of sp³-hybridized carbons (Fsp3) is 0.649. The fourth-order valence-electron chi connectivity index (χ4n) is 5.65. The number of ether oxygens (including phenoxy) is 1. The SMILES string of the molecule is C=C/C=C\C(Cl)=C/CC1CCCC[C@H]1NC(=O)[C@H](CCC(C)C)NC(=O)C(C)NC(=O)/C(C)=C/C=C(\C)CNCCN1CCOCC1. The van der Waals surface area contributed by atoms with E-state index in [4.69, 9.17) is 16.3 Å². The molecule has 2 fully saturated rings. The summed E-state index contributed by atoms with van der Waals surface area (Å²) in [6.07, 6.45) is 17.1. The molecule has 0 spiro atoms. The molecule has 4 atom stereocenters. The van der Waals surface area contributed by atoms with E-state index in [1.54, 1.807) is 32.1 Å². The number of hydrogen-bond donors (Lipinski definition) is 4. The van der Waals surface area contributed by atoms with Crippen molar-refractivity contribution in [3.8, 4) is 0 Å². The highest BCUT2D eigenvalue weighted by Crippen LogP contribution is 2.28. The lowest BCUT2D eigenvalue weighted by molar-refractivity contribution is -0.131.